The van der Waals surface area contributed by atoms with Gasteiger partial charge in [0.15, 0.2) is 0 Å². The fourth-order valence-electron chi connectivity index (χ4n) is 0.856. The van der Waals surface area contributed by atoms with Crippen molar-refractivity contribution in [1.29, 1.82) is 0 Å². The highest BCUT2D eigenvalue weighted by molar-refractivity contribution is 5.81. The van der Waals surface area contributed by atoms with Gasteiger partial charge in [-0.2, -0.15) is 0 Å². The van der Waals surface area contributed by atoms with Gasteiger partial charge in [-0.1, -0.05) is 18.2 Å². The average Bonchev–Trinajstić information content (AvgIpc) is 2.11. The average molecular weight is 198 g/mol. The lowest BCUT2D eigenvalue weighted by molar-refractivity contribution is -0.137. The predicted octanol–water partition coefficient (Wildman–Crippen LogP) is 1.82. The quantitative estimate of drug-likeness (QED) is 0.306. The van der Waals surface area contributed by atoms with Gasteiger partial charge in [0.2, 0.25) is 0 Å². The molecule has 3 nitrogen and oxygen atoms in total. The summed E-state index contributed by atoms with van der Waals surface area (Å²) in [5.41, 5.74) is 0. The van der Waals surface area contributed by atoms with Crippen LogP contribution in [-0.2, 0) is 9.53 Å². The Balaban J connectivity index is 3.48. The van der Waals surface area contributed by atoms with Crippen molar-refractivity contribution in [3.63, 3.8) is 0 Å². The minimum atomic E-state index is -0.399. The van der Waals surface area contributed by atoms with Gasteiger partial charge in [-0.3, -0.25) is 0 Å². The number of carbonyl (C=O) groups is 1. The van der Waals surface area contributed by atoms with E-state index in [4.69, 9.17) is 9.84 Å². The molecular weight excluding hydrogens is 180 g/mol. The molecule has 0 heterocycles. The van der Waals surface area contributed by atoms with Crippen LogP contribution in [0, 0.1) is 0 Å². The Hall–Kier alpha value is -1.09. The number of rotatable bonds is 6. The van der Waals surface area contributed by atoms with Crippen LogP contribution in [-0.4, -0.2) is 23.8 Å². The van der Waals surface area contributed by atoms with Gasteiger partial charge >= 0.3 is 5.97 Å². The van der Waals surface area contributed by atoms with Crippen molar-refractivity contribution in [1.82, 2.24) is 0 Å². The van der Waals surface area contributed by atoms with E-state index < -0.39 is 6.10 Å². The largest absolute Gasteiger partial charge is 0.463 e. The second kappa shape index (κ2) is 8.51. The molecular formula is C11H18O3. The van der Waals surface area contributed by atoms with Gasteiger partial charge in [-0.25, -0.2) is 4.79 Å². The van der Waals surface area contributed by atoms with E-state index in [1.54, 1.807) is 26.0 Å². The molecule has 0 aliphatic carbocycles. The lowest BCUT2D eigenvalue weighted by Gasteiger charge is -1.94. The van der Waals surface area contributed by atoms with Gasteiger partial charge in [0.25, 0.3) is 0 Å². The van der Waals surface area contributed by atoms with Crippen molar-refractivity contribution in [2.45, 2.75) is 32.8 Å². The summed E-state index contributed by atoms with van der Waals surface area (Å²) in [6.45, 7) is 3.88. The highest BCUT2D eigenvalue weighted by Crippen LogP contribution is 1.95. The zero-order valence-electron chi connectivity index (χ0n) is 8.77. The van der Waals surface area contributed by atoms with Gasteiger partial charge in [0, 0.05) is 6.08 Å². The van der Waals surface area contributed by atoms with Crippen LogP contribution in [0.3, 0.4) is 0 Å². The van der Waals surface area contributed by atoms with Crippen molar-refractivity contribution < 1.29 is 14.6 Å². The van der Waals surface area contributed by atoms with Crippen molar-refractivity contribution in [3.8, 4) is 0 Å². The summed E-state index contributed by atoms with van der Waals surface area (Å²) in [4.78, 5) is 10.8. The molecule has 0 aromatic carbocycles. The summed E-state index contributed by atoms with van der Waals surface area (Å²) < 4.78 is 4.70. The van der Waals surface area contributed by atoms with Crippen LogP contribution in [0.2, 0.25) is 0 Å². The van der Waals surface area contributed by atoms with Crippen molar-refractivity contribution in [3.05, 3.63) is 24.3 Å². The third-order valence-corrected chi connectivity index (χ3v) is 1.46. The fraction of sp³-hybridized carbons (Fsp3) is 0.545. The van der Waals surface area contributed by atoms with Crippen LogP contribution in [0.25, 0.3) is 0 Å². The Kier molecular flexibility index (Phi) is 7.84. The maximum atomic E-state index is 10.8. The van der Waals surface area contributed by atoms with Crippen LogP contribution in [0.15, 0.2) is 24.3 Å². The topological polar surface area (TPSA) is 46.5 Å². The molecule has 0 spiro atoms. The van der Waals surface area contributed by atoms with Crippen molar-refractivity contribution in [2.24, 2.45) is 0 Å². The highest BCUT2D eigenvalue weighted by Gasteiger charge is 1.91. The monoisotopic (exact) mass is 198 g/mol. The zero-order valence-corrected chi connectivity index (χ0v) is 8.77. The molecule has 3 heteroatoms. The summed E-state index contributed by atoms with van der Waals surface area (Å²) in [7, 11) is 0. The lowest BCUT2D eigenvalue weighted by atomic mass is 10.2. The second-order valence-corrected chi connectivity index (χ2v) is 2.90. The van der Waals surface area contributed by atoms with E-state index in [9.17, 15) is 4.79 Å². The van der Waals surface area contributed by atoms with Crippen LogP contribution in [0.5, 0.6) is 0 Å². The maximum absolute atomic E-state index is 10.8. The third kappa shape index (κ3) is 9.00. The Morgan fingerprint density at radius 3 is 2.64 bits per heavy atom. The van der Waals surface area contributed by atoms with Crippen molar-refractivity contribution in [2.75, 3.05) is 6.61 Å². The minimum Gasteiger partial charge on any atom is -0.463 e. The molecule has 0 aliphatic heterocycles. The van der Waals surface area contributed by atoms with E-state index in [1.807, 2.05) is 6.08 Å². The molecule has 0 aliphatic rings. The lowest BCUT2D eigenvalue weighted by Crippen LogP contribution is -1.98. The standard InChI is InChI=1S/C11H18O3/c1-3-14-11(13)9-7-5-4-6-8-10(2)12/h6-10,12H,3-5H2,1-2H3/b8-6+,9-7+. The summed E-state index contributed by atoms with van der Waals surface area (Å²) in [5.74, 6) is -0.299. The number of aliphatic hydroxyl groups is 1. The molecule has 0 aromatic heterocycles. The summed E-state index contributed by atoms with van der Waals surface area (Å²) >= 11 is 0. The van der Waals surface area contributed by atoms with E-state index in [0.717, 1.165) is 12.8 Å². The number of carbonyl (C=O) groups excluding carboxylic acids is 1. The zero-order chi connectivity index (χ0) is 10.8. The molecule has 14 heavy (non-hydrogen) atoms. The van der Waals surface area contributed by atoms with Gasteiger partial charge in [0.1, 0.15) is 0 Å². The normalized spacial score (nSPS) is 13.6. The number of aliphatic hydroxyl groups excluding tert-OH is 1. The Bertz CT molecular complexity index is 205. The van der Waals surface area contributed by atoms with Gasteiger partial charge < -0.3 is 9.84 Å². The number of ether oxygens (including phenoxy) is 1. The first-order chi connectivity index (χ1) is 6.66. The van der Waals surface area contributed by atoms with E-state index in [0.29, 0.717) is 6.61 Å². The summed E-state index contributed by atoms with van der Waals surface area (Å²) in [6, 6.07) is 0. The molecule has 0 rings (SSSR count). The molecule has 0 saturated carbocycles. The molecule has 1 atom stereocenters. The molecule has 0 radical (unpaired) electrons. The number of hydrogen-bond acceptors (Lipinski definition) is 3. The summed E-state index contributed by atoms with van der Waals surface area (Å²) in [5, 5.41) is 8.89. The predicted molar refractivity (Wildman–Crippen MR) is 55.8 cm³/mol. The molecule has 0 saturated heterocycles. The third-order valence-electron chi connectivity index (χ3n) is 1.46. The van der Waals surface area contributed by atoms with Crippen LogP contribution >= 0.6 is 0 Å². The van der Waals surface area contributed by atoms with Crippen LogP contribution < -0.4 is 0 Å². The van der Waals surface area contributed by atoms with Crippen LogP contribution in [0.4, 0.5) is 0 Å². The fourth-order valence-corrected chi connectivity index (χ4v) is 0.856. The highest BCUT2D eigenvalue weighted by atomic mass is 16.5. The van der Waals surface area contributed by atoms with Gasteiger partial charge in [0.05, 0.1) is 12.7 Å². The second-order valence-electron chi connectivity index (χ2n) is 2.90. The van der Waals surface area contributed by atoms with Crippen LogP contribution in [0.1, 0.15) is 26.7 Å². The van der Waals surface area contributed by atoms with E-state index >= 15 is 0 Å². The molecule has 0 fully saturated rings. The number of unbranched alkanes of at least 4 members (excludes halogenated alkanes) is 1. The smallest absolute Gasteiger partial charge is 0.330 e. The number of esters is 1. The Morgan fingerprint density at radius 2 is 2.07 bits per heavy atom. The minimum absolute atomic E-state index is 0.299. The molecule has 1 N–H and O–H groups in total. The molecule has 0 aromatic rings. The summed E-state index contributed by atoms with van der Waals surface area (Å²) in [6.07, 6.45) is 8.01. The van der Waals surface area contributed by atoms with E-state index in [1.165, 1.54) is 6.08 Å². The SMILES string of the molecule is CCOC(=O)/C=C/CC/C=C/C(C)O. The van der Waals surface area contributed by atoms with E-state index in [2.05, 4.69) is 0 Å². The first-order valence-corrected chi connectivity index (χ1v) is 4.84. The first kappa shape index (κ1) is 12.9. The maximum Gasteiger partial charge on any atom is 0.330 e. The van der Waals surface area contributed by atoms with Crippen molar-refractivity contribution >= 4 is 5.97 Å². The molecule has 0 amide bonds. The molecule has 0 bridgehead atoms. The Morgan fingerprint density at radius 1 is 1.43 bits per heavy atom. The molecule has 80 valence electrons. The van der Waals surface area contributed by atoms with Gasteiger partial charge in [-0.15, -0.1) is 0 Å². The number of hydrogen-bond donors (Lipinski definition) is 1. The Labute approximate surface area is 85.1 Å². The van der Waals surface area contributed by atoms with Gasteiger partial charge in [-0.05, 0) is 26.7 Å². The first-order valence-electron chi connectivity index (χ1n) is 4.84. The van der Waals surface area contributed by atoms with E-state index in [-0.39, 0.29) is 5.97 Å². The number of allylic oxidation sites excluding steroid dienone is 2. The molecule has 1 unspecified atom stereocenters.